The number of nitrogens with two attached hydrogens (primary N) is 1. The predicted molar refractivity (Wildman–Crippen MR) is 81.1 cm³/mol. The number of hydrogen-bond donors (Lipinski definition) is 2. The van der Waals surface area contributed by atoms with Crippen molar-refractivity contribution in [3.05, 3.63) is 64.3 Å². The number of carbonyl (C=O) groups is 1. The first kappa shape index (κ1) is 17.7. The number of rotatable bonds is 4. The number of benzene rings is 1. The highest BCUT2D eigenvalue weighted by Gasteiger charge is 2.33. The van der Waals surface area contributed by atoms with E-state index in [2.05, 4.69) is 9.97 Å². The number of nitrogens with zero attached hydrogens (tertiary/aromatic N) is 2. The number of aliphatic carboxylic acids is 1. The standard InChI is InChI=1S/C15H11ClF3N3O2/c16-12-2-1-8(4-11(12)15(17,18)19)3-9-6-21-13(22-7-9)10(5-20)14(23)24/h1-2,4-7H,3,20H2,(H,23,24). The molecule has 5 nitrogen and oxygen atoms in total. The van der Waals surface area contributed by atoms with Gasteiger partial charge in [0.05, 0.1) is 10.6 Å². The molecule has 0 aliphatic rings. The van der Waals surface area contributed by atoms with Crippen molar-refractivity contribution in [2.75, 3.05) is 0 Å². The van der Waals surface area contributed by atoms with E-state index in [1.54, 1.807) is 0 Å². The van der Waals surface area contributed by atoms with Crippen molar-refractivity contribution in [2.45, 2.75) is 12.6 Å². The summed E-state index contributed by atoms with van der Waals surface area (Å²) in [5.41, 5.74) is 4.89. The molecule has 0 aliphatic heterocycles. The van der Waals surface area contributed by atoms with Crippen LogP contribution in [0.5, 0.6) is 0 Å². The summed E-state index contributed by atoms with van der Waals surface area (Å²) in [5.74, 6) is -1.36. The molecule has 126 valence electrons. The van der Waals surface area contributed by atoms with Crippen LogP contribution >= 0.6 is 11.6 Å². The third kappa shape index (κ3) is 4.02. The van der Waals surface area contributed by atoms with Gasteiger partial charge < -0.3 is 10.8 Å². The van der Waals surface area contributed by atoms with Crippen LogP contribution in [0.15, 0.2) is 36.8 Å². The summed E-state index contributed by atoms with van der Waals surface area (Å²) in [5, 5.41) is 8.54. The lowest BCUT2D eigenvalue weighted by Crippen LogP contribution is -2.08. The Kier molecular flexibility index (Phi) is 5.08. The number of halogens is 4. The molecule has 24 heavy (non-hydrogen) atoms. The maximum atomic E-state index is 12.8. The van der Waals surface area contributed by atoms with E-state index < -0.39 is 17.7 Å². The third-order valence-corrected chi connectivity index (χ3v) is 3.42. The lowest BCUT2D eigenvalue weighted by Gasteiger charge is -2.11. The van der Waals surface area contributed by atoms with Gasteiger partial charge in [0.1, 0.15) is 5.57 Å². The molecule has 0 aliphatic carbocycles. The van der Waals surface area contributed by atoms with Crippen molar-refractivity contribution >= 4 is 23.1 Å². The minimum atomic E-state index is -4.55. The van der Waals surface area contributed by atoms with Crippen molar-refractivity contribution in [1.29, 1.82) is 0 Å². The Morgan fingerprint density at radius 1 is 1.25 bits per heavy atom. The van der Waals surface area contributed by atoms with Crippen LogP contribution < -0.4 is 5.73 Å². The molecule has 0 saturated heterocycles. The fraction of sp³-hybridized carbons (Fsp3) is 0.133. The van der Waals surface area contributed by atoms with Crippen LogP contribution in [0.2, 0.25) is 5.02 Å². The van der Waals surface area contributed by atoms with E-state index in [0.717, 1.165) is 12.3 Å². The minimum absolute atomic E-state index is 0.0826. The van der Waals surface area contributed by atoms with Gasteiger partial charge in [0.15, 0.2) is 5.82 Å². The summed E-state index contributed by atoms with van der Waals surface area (Å²) in [4.78, 5) is 18.7. The van der Waals surface area contributed by atoms with Crippen LogP contribution in [0, 0.1) is 0 Å². The number of aromatic nitrogens is 2. The number of carboxylic acid groups (broad SMARTS) is 1. The van der Waals surface area contributed by atoms with Crippen molar-refractivity contribution in [3.63, 3.8) is 0 Å². The van der Waals surface area contributed by atoms with E-state index in [9.17, 15) is 18.0 Å². The van der Waals surface area contributed by atoms with E-state index in [-0.39, 0.29) is 22.8 Å². The second-order valence-electron chi connectivity index (χ2n) is 4.79. The number of alkyl halides is 3. The molecule has 0 atom stereocenters. The molecule has 0 radical (unpaired) electrons. The molecule has 0 unspecified atom stereocenters. The molecule has 0 spiro atoms. The van der Waals surface area contributed by atoms with E-state index in [1.807, 2.05) is 0 Å². The summed E-state index contributed by atoms with van der Waals surface area (Å²) >= 11 is 5.57. The van der Waals surface area contributed by atoms with E-state index in [1.165, 1.54) is 24.5 Å². The Balaban J connectivity index is 2.25. The van der Waals surface area contributed by atoms with Crippen molar-refractivity contribution in [2.24, 2.45) is 5.73 Å². The molecular formula is C15H11ClF3N3O2. The van der Waals surface area contributed by atoms with Gasteiger partial charge in [0.25, 0.3) is 0 Å². The normalized spacial score (nSPS) is 12.2. The zero-order valence-corrected chi connectivity index (χ0v) is 12.8. The molecule has 1 aromatic heterocycles. The molecule has 0 bridgehead atoms. The highest BCUT2D eigenvalue weighted by atomic mass is 35.5. The highest BCUT2D eigenvalue weighted by molar-refractivity contribution is 6.31. The van der Waals surface area contributed by atoms with Crippen LogP contribution in [-0.2, 0) is 17.4 Å². The fourth-order valence-corrected chi connectivity index (χ4v) is 2.19. The Bertz CT molecular complexity index is 790. The van der Waals surface area contributed by atoms with Gasteiger partial charge in [-0.3, -0.25) is 0 Å². The first-order valence-electron chi connectivity index (χ1n) is 6.54. The Morgan fingerprint density at radius 3 is 2.38 bits per heavy atom. The fourth-order valence-electron chi connectivity index (χ4n) is 1.96. The summed E-state index contributed by atoms with van der Waals surface area (Å²) in [7, 11) is 0. The number of carboxylic acids is 1. The van der Waals surface area contributed by atoms with E-state index in [0.29, 0.717) is 11.1 Å². The molecule has 1 aromatic carbocycles. The average Bonchev–Trinajstić information content (AvgIpc) is 2.50. The van der Waals surface area contributed by atoms with Gasteiger partial charge in [-0.05, 0) is 23.3 Å². The first-order chi connectivity index (χ1) is 11.2. The Hall–Kier alpha value is -2.61. The summed E-state index contributed by atoms with van der Waals surface area (Å²) in [6.45, 7) is 0. The molecule has 1 heterocycles. The van der Waals surface area contributed by atoms with Crippen LogP contribution in [0.4, 0.5) is 13.2 Å². The molecule has 0 fully saturated rings. The first-order valence-corrected chi connectivity index (χ1v) is 6.92. The van der Waals surface area contributed by atoms with Gasteiger partial charge in [0.2, 0.25) is 0 Å². The molecule has 0 saturated carbocycles. The second-order valence-corrected chi connectivity index (χ2v) is 5.20. The Labute approximate surface area is 139 Å². The van der Waals surface area contributed by atoms with Crippen molar-refractivity contribution in [3.8, 4) is 0 Å². The van der Waals surface area contributed by atoms with Gasteiger partial charge in [0, 0.05) is 25.0 Å². The molecule has 9 heteroatoms. The van der Waals surface area contributed by atoms with Gasteiger partial charge in [-0.1, -0.05) is 17.7 Å². The summed E-state index contributed by atoms with van der Waals surface area (Å²) < 4.78 is 38.5. The highest BCUT2D eigenvalue weighted by Crippen LogP contribution is 2.35. The average molecular weight is 358 g/mol. The van der Waals surface area contributed by atoms with Crippen molar-refractivity contribution < 1.29 is 23.1 Å². The maximum absolute atomic E-state index is 12.8. The van der Waals surface area contributed by atoms with Crippen molar-refractivity contribution in [1.82, 2.24) is 9.97 Å². The second kappa shape index (κ2) is 6.88. The van der Waals surface area contributed by atoms with Gasteiger partial charge >= 0.3 is 12.1 Å². The summed E-state index contributed by atoms with van der Waals surface area (Å²) in [6, 6.07) is 3.60. The van der Waals surface area contributed by atoms with Crippen LogP contribution in [0.25, 0.3) is 5.57 Å². The van der Waals surface area contributed by atoms with Crippen LogP contribution in [0.1, 0.15) is 22.5 Å². The number of hydrogen-bond acceptors (Lipinski definition) is 4. The zero-order chi connectivity index (χ0) is 17.9. The van der Waals surface area contributed by atoms with Crippen LogP contribution in [0.3, 0.4) is 0 Å². The third-order valence-electron chi connectivity index (χ3n) is 3.09. The van der Waals surface area contributed by atoms with E-state index in [4.69, 9.17) is 22.4 Å². The predicted octanol–water partition coefficient (Wildman–Crippen LogP) is 3.12. The molecule has 0 amide bonds. The lowest BCUT2D eigenvalue weighted by molar-refractivity contribution is -0.137. The maximum Gasteiger partial charge on any atom is 0.417 e. The van der Waals surface area contributed by atoms with Gasteiger partial charge in [-0.15, -0.1) is 0 Å². The van der Waals surface area contributed by atoms with Gasteiger partial charge in [-0.2, -0.15) is 13.2 Å². The van der Waals surface area contributed by atoms with Crippen LogP contribution in [-0.4, -0.2) is 21.0 Å². The lowest BCUT2D eigenvalue weighted by atomic mass is 10.0. The molecule has 2 aromatic rings. The van der Waals surface area contributed by atoms with E-state index >= 15 is 0 Å². The topological polar surface area (TPSA) is 89.1 Å². The summed E-state index contributed by atoms with van der Waals surface area (Å²) in [6.07, 6.45) is -0.884. The molecule has 3 N–H and O–H groups in total. The minimum Gasteiger partial charge on any atom is -0.477 e. The monoisotopic (exact) mass is 357 g/mol. The smallest absolute Gasteiger partial charge is 0.417 e. The zero-order valence-electron chi connectivity index (χ0n) is 12.0. The Morgan fingerprint density at radius 2 is 1.88 bits per heavy atom. The quantitative estimate of drug-likeness (QED) is 0.821. The largest absolute Gasteiger partial charge is 0.477 e. The van der Waals surface area contributed by atoms with Gasteiger partial charge in [-0.25, -0.2) is 14.8 Å². The molecular weight excluding hydrogens is 347 g/mol. The molecule has 2 rings (SSSR count). The SMILES string of the molecule is NC=C(C(=O)O)c1ncc(Cc2ccc(Cl)c(C(F)(F)F)c2)cn1.